The van der Waals surface area contributed by atoms with E-state index in [1.807, 2.05) is 29.2 Å². The molecule has 1 amide bonds. The Morgan fingerprint density at radius 2 is 1.77 bits per heavy atom. The molecule has 1 fully saturated rings. The van der Waals surface area contributed by atoms with Crippen LogP contribution in [0, 0.1) is 5.92 Å². The smallest absolute Gasteiger partial charge is 0.253 e. The standard InChI is InChI=1S/C25H26Cl2N2O/c26-17-9-10-20(22(27)15-17)24-19-7-5-6-18(19)21-14-16(8-11-23(21)28-24)25(30)29-12-3-1-2-4-13-29/h5-6,8-11,14-15,18-19,24,28H,1-4,7,12-13H2. The first-order valence-corrected chi connectivity index (χ1v) is 11.7. The highest BCUT2D eigenvalue weighted by Gasteiger charge is 2.39. The molecule has 3 aliphatic rings. The van der Waals surface area contributed by atoms with Crippen LogP contribution in [0.3, 0.4) is 0 Å². The summed E-state index contributed by atoms with van der Waals surface area (Å²) in [6.07, 6.45) is 10.2. The zero-order chi connectivity index (χ0) is 20.7. The number of carbonyl (C=O) groups excluding carboxylic acids is 1. The number of hydrogen-bond donors (Lipinski definition) is 1. The highest BCUT2D eigenvalue weighted by atomic mass is 35.5. The van der Waals surface area contributed by atoms with Crippen molar-refractivity contribution in [2.45, 2.75) is 44.1 Å². The fourth-order valence-electron chi connectivity index (χ4n) is 5.25. The molecule has 5 heteroatoms. The Hall–Kier alpha value is -1.97. The van der Waals surface area contributed by atoms with E-state index in [2.05, 4.69) is 29.6 Å². The van der Waals surface area contributed by atoms with Gasteiger partial charge >= 0.3 is 0 Å². The number of amides is 1. The van der Waals surface area contributed by atoms with Crippen molar-refractivity contribution in [1.82, 2.24) is 4.90 Å². The summed E-state index contributed by atoms with van der Waals surface area (Å²) in [4.78, 5) is 15.2. The van der Waals surface area contributed by atoms with Gasteiger partial charge in [0.1, 0.15) is 0 Å². The van der Waals surface area contributed by atoms with E-state index in [4.69, 9.17) is 23.2 Å². The van der Waals surface area contributed by atoms with Gasteiger partial charge in [0.05, 0.1) is 6.04 Å². The van der Waals surface area contributed by atoms with Gasteiger partial charge in [0.15, 0.2) is 0 Å². The van der Waals surface area contributed by atoms with Crippen LogP contribution < -0.4 is 5.32 Å². The second kappa shape index (κ2) is 8.28. The molecule has 0 aromatic heterocycles. The fraction of sp³-hybridized carbons (Fsp3) is 0.400. The van der Waals surface area contributed by atoms with Crippen molar-refractivity contribution in [2.75, 3.05) is 18.4 Å². The van der Waals surface area contributed by atoms with Gasteiger partial charge in [0.2, 0.25) is 0 Å². The van der Waals surface area contributed by atoms with Crippen LogP contribution >= 0.6 is 23.2 Å². The minimum absolute atomic E-state index is 0.120. The molecule has 3 unspecified atom stereocenters. The quantitative estimate of drug-likeness (QED) is 0.518. The minimum atomic E-state index is 0.120. The summed E-state index contributed by atoms with van der Waals surface area (Å²) in [5.41, 5.74) is 4.19. The molecule has 0 radical (unpaired) electrons. The average Bonchev–Trinajstić information content (AvgIpc) is 3.08. The van der Waals surface area contributed by atoms with Crippen LogP contribution in [-0.2, 0) is 0 Å². The number of benzene rings is 2. The summed E-state index contributed by atoms with van der Waals surface area (Å²) in [6, 6.07) is 12.0. The van der Waals surface area contributed by atoms with Crippen LogP contribution in [0.25, 0.3) is 0 Å². The van der Waals surface area contributed by atoms with E-state index in [1.54, 1.807) is 0 Å². The van der Waals surface area contributed by atoms with Crippen molar-refractivity contribution in [1.29, 1.82) is 0 Å². The number of nitrogens with one attached hydrogen (secondary N) is 1. The molecule has 5 rings (SSSR count). The largest absolute Gasteiger partial charge is 0.378 e. The average molecular weight is 441 g/mol. The Balaban J connectivity index is 1.47. The summed E-state index contributed by atoms with van der Waals surface area (Å²) in [5, 5.41) is 5.06. The van der Waals surface area contributed by atoms with Crippen LogP contribution in [0.5, 0.6) is 0 Å². The number of rotatable bonds is 2. The van der Waals surface area contributed by atoms with Gasteiger partial charge in [-0.15, -0.1) is 0 Å². The lowest BCUT2D eigenvalue weighted by molar-refractivity contribution is 0.0761. The van der Waals surface area contributed by atoms with Crippen molar-refractivity contribution in [3.63, 3.8) is 0 Å². The summed E-state index contributed by atoms with van der Waals surface area (Å²) < 4.78 is 0. The lowest BCUT2D eigenvalue weighted by Gasteiger charge is -2.38. The van der Waals surface area contributed by atoms with Crippen molar-refractivity contribution in [2.24, 2.45) is 5.92 Å². The fourth-order valence-corrected chi connectivity index (χ4v) is 5.77. The van der Waals surface area contributed by atoms with E-state index in [0.717, 1.165) is 49.2 Å². The van der Waals surface area contributed by atoms with E-state index in [9.17, 15) is 4.79 Å². The maximum Gasteiger partial charge on any atom is 0.253 e. The van der Waals surface area contributed by atoms with Gasteiger partial charge in [-0.3, -0.25) is 4.79 Å². The van der Waals surface area contributed by atoms with Gasteiger partial charge in [-0.2, -0.15) is 0 Å². The third-order valence-electron chi connectivity index (χ3n) is 6.80. The van der Waals surface area contributed by atoms with E-state index >= 15 is 0 Å². The molecule has 1 N–H and O–H groups in total. The van der Waals surface area contributed by atoms with Crippen LogP contribution in [-0.4, -0.2) is 23.9 Å². The highest BCUT2D eigenvalue weighted by Crippen LogP contribution is 2.51. The van der Waals surface area contributed by atoms with Gasteiger partial charge < -0.3 is 10.2 Å². The number of likely N-dealkylation sites (tertiary alicyclic amines) is 1. The molecule has 156 valence electrons. The zero-order valence-corrected chi connectivity index (χ0v) is 18.4. The minimum Gasteiger partial charge on any atom is -0.378 e. The molecule has 3 nitrogen and oxygen atoms in total. The van der Waals surface area contributed by atoms with Gasteiger partial charge in [-0.1, -0.05) is 54.3 Å². The topological polar surface area (TPSA) is 32.3 Å². The number of hydrogen-bond acceptors (Lipinski definition) is 2. The lowest BCUT2D eigenvalue weighted by Crippen LogP contribution is -2.33. The van der Waals surface area contributed by atoms with Crippen molar-refractivity contribution < 1.29 is 4.79 Å². The number of fused-ring (bicyclic) bond motifs is 3. The second-order valence-electron chi connectivity index (χ2n) is 8.65. The summed E-state index contributed by atoms with van der Waals surface area (Å²) >= 11 is 12.7. The first kappa shape index (κ1) is 20.0. The first-order valence-electron chi connectivity index (χ1n) is 10.9. The van der Waals surface area contributed by atoms with Gasteiger partial charge in [0.25, 0.3) is 5.91 Å². The molecule has 1 saturated heterocycles. The summed E-state index contributed by atoms with van der Waals surface area (Å²) in [7, 11) is 0. The third-order valence-corrected chi connectivity index (χ3v) is 7.36. The normalized spacial score (nSPS) is 25.3. The number of allylic oxidation sites excluding steroid dienone is 2. The van der Waals surface area contributed by atoms with Crippen LogP contribution in [0.2, 0.25) is 10.0 Å². The molecule has 0 bridgehead atoms. The Bertz CT molecular complexity index is 995. The Kier molecular flexibility index (Phi) is 5.51. The molecule has 2 aliphatic heterocycles. The first-order chi connectivity index (χ1) is 14.6. The van der Waals surface area contributed by atoms with Gasteiger partial charge in [-0.05, 0) is 66.6 Å². The molecule has 3 atom stereocenters. The van der Waals surface area contributed by atoms with E-state index in [-0.39, 0.29) is 17.9 Å². The Morgan fingerprint density at radius 3 is 2.53 bits per heavy atom. The van der Waals surface area contributed by atoms with Crippen molar-refractivity contribution in [3.05, 3.63) is 75.3 Å². The lowest BCUT2D eigenvalue weighted by atomic mass is 9.76. The van der Waals surface area contributed by atoms with E-state index < -0.39 is 0 Å². The van der Waals surface area contributed by atoms with Crippen LogP contribution in [0.15, 0.2) is 48.6 Å². The molecular formula is C25H26Cl2N2O. The number of nitrogens with zero attached hydrogens (tertiary/aromatic N) is 1. The third kappa shape index (κ3) is 3.63. The maximum absolute atomic E-state index is 13.2. The number of anilines is 1. The van der Waals surface area contributed by atoms with E-state index in [1.165, 1.54) is 18.4 Å². The van der Waals surface area contributed by atoms with Gasteiger partial charge in [-0.25, -0.2) is 0 Å². The number of carbonyl (C=O) groups is 1. The molecular weight excluding hydrogens is 415 g/mol. The van der Waals surface area contributed by atoms with Crippen LogP contribution in [0.4, 0.5) is 5.69 Å². The van der Waals surface area contributed by atoms with Crippen molar-refractivity contribution in [3.8, 4) is 0 Å². The molecule has 2 aromatic carbocycles. The molecule has 30 heavy (non-hydrogen) atoms. The highest BCUT2D eigenvalue weighted by molar-refractivity contribution is 6.35. The Morgan fingerprint density at radius 1 is 0.967 bits per heavy atom. The summed E-state index contributed by atoms with van der Waals surface area (Å²) in [5.74, 6) is 0.829. The summed E-state index contributed by atoms with van der Waals surface area (Å²) in [6.45, 7) is 1.74. The van der Waals surface area contributed by atoms with Crippen LogP contribution in [0.1, 0.15) is 65.5 Å². The Labute approximate surface area is 188 Å². The monoisotopic (exact) mass is 440 g/mol. The molecule has 2 heterocycles. The number of halogens is 2. The molecule has 1 aliphatic carbocycles. The van der Waals surface area contributed by atoms with Gasteiger partial charge in [0, 0.05) is 40.3 Å². The van der Waals surface area contributed by atoms with E-state index in [0.29, 0.717) is 16.0 Å². The zero-order valence-electron chi connectivity index (χ0n) is 16.9. The molecule has 0 spiro atoms. The maximum atomic E-state index is 13.2. The molecule has 2 aromatic rings. The predicted molar refractivity (Wildman–Crippen MR) is 124 cm³/mol. The van der Waals surface area contributed by atoms with Crippen molar-refractivity contribution >= 4 is 34.8 Å². The molecule has 0 saturated carbocycles. The SMILES string of the molecule is O=C(c1ccc2c(c1)C1C=CCC1C(c1ccc(Cl)cc1Cl)N2)N1CCCCCC1. The second-order valence-corrected chi connectivity index (χ2v) is 9.49. The predicted octanol–water partition coefficient (Wildman–Crippen LogP) is 6.84.